The number of aryl methyl sites for hydroxylation is 1. The molecule has 36 heavy (non-hydrogen) atoms. The first-order chi connectivity index (χ1) is 17.3. The van der Waals surface area contributed by atoms with Crippen LogP contribution < -0.4 is 10.2 Å². The van der Waals surface area contributed by atoms with E-state index in [0.717, 1.165) is 11.1 Å². The van der Waals surface area contributed by atoms with E-state index < -0.39 is 22.2 Å². The summed E-state index contributed by atoms with van der Waals surface area (Å²) in [6.07, 6.45) is 5.78. The SMILES string of the molecule is O=C(O)NC(CCc1ncccn1)CS(=O)(=O)N1CCN(c2ncc(-c3ccc(F)cc3)cn2)CC1. The van der Waals surface area contributed by atoms with Crippen LogP contribution in [-0.4, -0.2) is 81.8 Å². The molecule has 1 saturated heterocycles. The number of hydrogen-bond donors (Lipinski definition) is 2. The minimum absolute atomic E-state index is 0.229. The fourth-order valence-corrected chi connectivity index (χ4v) is 5.62. The largest absolute Gasteiger partial charge is 0.465 e. The fourth-order valence-electron chi connectivity index (χ4n) is 3.94. The molecule has 3 aromatic rings. The molecule has 1 aromatic carbocycles. The summed E-state index contributed by atoms with van der Waals surface area (Å²) >= 11 is 0. The van der Waals surface area contributed by atoms with Crippen molar-refractivity contribution in [3.8, 4) is 11.1 Å². The van der Waals surface area contributed by atoms with Crippen molar-refractivity contribution in [1.29, 1.82) is 0 Å². The smallest absolute Gasteiger partial charge is 0.404 e. The van der Waals surface area contributed by atoms with E-state index in [1.54, 1.807) is 43.0 Å². The number of hydrogen-bond acceptors (Lipinski definition) is 8. The Morgan fingerprint density at radius 1 is 1.00 bits per heavy atom. The first-order valence-corrected chi connectivity index (χ1v) is 13.0. The third-order valence-electron chi connectivity index (χ3n) is 5.81. The molecule has 11 nitrogen and oxygen atoms in total. The molecule has 0 bridgehead atoms. The summed E-state index contributed by atoms with van der Waals surface area (Å²) in [5.74, 6) is 0.325. The van der Waals surface area contributed by atoms with E-state index >= 15 is 0 Å². The molecule has 1 aliphatic heterocycles. The molecule has 0 saturated carbocycles. The van der Waals surface area contributed by atoms with Gasteiger partial charge in [0.25, 0.3) is 0 Å². The Kier molecular flexibility index (Phi) is 8.00. The van der Waals surface area contributed by atoms with Crippen molar-refractivity contribution < 1.29 is 22.7 Å². The Hall–Kier alpha value is -3.71. The molecule has 1 unspecified atom stereocenters. The number of nitrogens with zero attached hydrogens (tertiary/aromatic N) is 6. The highest BCUT2D eigenvalue weighted by Gasteiger charge is 2.31. The maximum atomic E-state index is 13.1. The molecule has 2 N–H and O–H groups in total. The average molecular weight is 516 g/mol. The maximum Gasteiger partial charge on any atom is 0.404 e. The highest BCUT2D eigenvalue weighted by atomic mass is 32.2. The van der Waals surface area contributed by atoms with Gasteiger partial charge in [0.1, 0.15) is 11.6 Å². The molecule has 1 fully saturated rings. The second kappa shape index (κ2) is 11.4. The summed E-state index contributed by atoms with van der Waals surface area (Å²) in [7, 11) is -3.72. The number of anilines is 1. The number of carboxylic acid groups (broad SMARTS) is 1. The molecule has 4 rings (SSSR count). The summed E-state index contributed by atoms with van der Waals surface area (Å²) in [6.45, 7) is 1.24. The topological polar surface area (TPSA) is 142 Å². The number of carbonyl (C=O) groups is 1. The van der Waals surface area contributed by atoms with Gasteiger partial charge in [-0.15, -0.1) is 0 Å². The number of halogens is 1. The monoisotopic (exact) mass is 515 g/mol. The van der Waals surface area contributed by atoms with Gasteiger partial charge < -0.3 is 15.3 Å². The van der Waals surface area contributed by atoms with E-state index in [9.17, 15) is 17.6 Å². The van der Waals surface area contributed by atoms with E-state index in [1.165, 1.54) is 16.4 Å². The minimum Gasteiger partial charge on any atom is -0.465 e. The highest BCUT2D eigenvalue weighted by Crippen LogP contribution is 2.20. The molecule has 0 aliphatic carbocycles. The van der Waals surface area contributed by atoms with Gasteiger partial charge in [-0.1, -0.05) is 12.1 Å². The predicted molar refractivity (Wildman–Crippen MR) is 130 cm³/mol. The molecule has 13 heteroatoms. The first kappa shape index (κ1) is 25.4. The Bertz CT molecular complexity index is 1250. The fraction of sp³-hybridized carbons (Fsp3) is 0.348. The molecule has 0 spiro atoms. The van der Waals surface area contributed by atoms with Crippen LogP contribution in [0.25, 0.3) is 11.1 Å². The molecule has 1 atom stereocenters. The minimum atomic E-state index is -3.72. The van der Waals surface area contributed by atoms with Crippen molar-refractivity contribution in [2.75, 3.05) is 36.8 Å². The Morgan fingerprint density at radius 2 is 1.64 bits per heavy atom. The normalized spacial score (nSPS) is 15.4. The van der Waals surface area contributed by atoms with Crippen molar-refractivity contribution in [3.05, 3.63) is 66.8 Å². The van der Waals surface area contributed by atoms with Crippen LogP contribution in [0.15, 0.2) is 55.1 Å². The van der Waals surface area contributed by atoms with Crippen molar-refractivity contribution in [2.45, 2.75) is 18.9 Å². The van der Waals surface area contributed by atoms with Crippen LogP contribution in [-0.2, 0) is 16.4 Å². The Balaban J connectivity index is 1.34. The van der Waals surface area contributed by atoms with Crippen LogP contribution in [0.1, 0.15) is 12.2 Å². The Morgan fingerprint density at radius 3 is 2.25 bits per heavy atom. The number of aromatic nitrogens is 4. The number of piperazine rings is 1. The van der Waals surface area contributed by atoms with Gasteiger partial charge in [0.15, 0.2) is 0 Å². The lowest BCUT2D eigenvalue weighted by atomic mass is 10.1. The van der Waals surface area contributed by atoms with E-state index in [4.69, 9.17) is 5.11 Å². The lowest BCUT2D eigenvalue weighted by Crippen LogP contribution is -2.52. The summed E-state index contributed by atoms with van der Waals surface area (Å²) in [4.78, 5) is 30.1. The zero-order valence-electron chi connectivity index (χ0n) is 19.4. The van der Waals surface area contributed by atoms with Gasteiger partial charge >= 0.3 is 6.09 Å². The van der Waals surface area contributed by atoms with Crippen LogP contribution in [0.2, 0.25) is 0 Å². The third-order valence-corrected chi connectivity index (χ3v) is 7.78. The summed E-state index contributed by atoms with van der Waals surface area (Å²) in [6, 6.07) is 6.92. The van der Waals surface area contributed by atoms with E-state index in [0.29, 0.717) is 31.3 Å². The number of nitrogens with one attached hydrogen (secondary N) is 1. The van der Waals surface area contributed by atoms with Crippen molar-refractivity contribution in [2.24, 2.45) is 0 Å². The van der Waals surface area contributed by atoms with Crippen LogP contribution in [0.3, 0.4) is 0 Å². The maximum absolute atomic E-state index is 13.1. The van der Waals surface area contributed by atoms with Gasteiger partial charge in [-0.3, -0.25) is 0 Å². The lowest BCUT2D eigenvalue weighted by Gasteiger charge is -2.34. The highest BCUT2D eigenvalue weighted by molar-refractivity contribution is 7.89. The molecule has 1 aliphatic rings. The third kappa shape index (κ3) is 6.70. The second-order valence-corrected chi connectivity index (χ2v) is 10.3. The number of amides is 1. The van der Waals surface area contributed by atoms with Crippen LogP contribution in [0.5, 0.6) is 0 Å². The van der Waals surface area contributed by atoms with Gasteiger partial charge in [0.2, 0.25) is 16.0 Å². The number of rotatable bonds is 9. The average Bonchev–Trinajstić information content (AvgIpc) is 2.88. The predicted octanol–water partition coefficient (Wildman–Crippen LogP) is 1.79. The quantitative estimate of drug-likeness (QED) is 0.436. The van der Waals surface area contributed by atoms with Crippen LogP contribution >= 0.6 is 0 Å². The molecular weight excluding hydrogens is 489 g/mol. The lowest BCUT2D eigenvalue weighted by molar-refractivity contribution is 0.190. The first-order valence-electron chi connectivity index (χ1n) is 11.4. The number of benzene rings is 1. The van der Waals surface area contributed by atoms with Crippen LogP contribution in [0.4, 0.5) is 15.1 Å². The van der Waals surface area contributed by atoms with Crippen molar-refractivity contribution in [3.63, 3.8) is 0 Å². The molecular formula is C23H26FN7O4S. The number of sulfonamides is 1. The van der Waals surface area contributed by atoms with E-state index in [2.05, 4.69) is 25.3 Å². The second-order valence-electron chi connectivity index (χ2n) is 8.29. The van der Waals surface area contributed by atoms with Crippen molar-refractivity contribution in [1.82, 2.24) is 29.6 Å². The summed E-state index contributed by atoms with van der Waals surface area (Å²) in [5.41, 5.74) is 1.54. The van der Waals surface area contributed by atoms with Crippen LogP contribution in [0, 0.1) is 5.82 Å². The summed E-state index contributed by atoms with van der Waals surface area (Å²) in [5, 5.41) is 11.5. The van der Waals surface area contributed by atoms with E-state index in [-0.39, 0.29) is 31.1 Å². The zero-order valence-corrected chi connectivity index (χ0v) is 20.2. The Labute approximate surface area is 208 Å². The van der Waals surface area contributed by atoms with Gasteiger partial charge in [-0.05, 0) is 30.2 Å². The molecule has 2 aromatic heterocycles. The van der Waals surface area contributed by atoms with E-state index in [1.807, 2.05) is 4.90 Å². The van der Waals surface area contributed by atoms with Gasteiger partial charge in [0.05, 0.1) is 5.75 Å². The molecule has 0 radical (unpaired) electrons. The molecule has 3 heterocycles. The van der Waals surface area contributed by atoms with Gasteiger partial charge in [0, 0.05) is 69.0 Å². The molecule has 1 amide bonds. The van der Waals surface area contributed by atoms with Gasteiger partial charge in [-0.25, -0.2) is 37.5 Å². The van der Waals surface area contributed by atoms with Gasteiger partial charge in [-0.2, -0.15) is 4.31 Å². The molecule has 190 valence electrons. The zero-order chi connectivity index (χ0) is 25.5. The standard InChI is InChI=1S/C23H26FN7O4S/c24-19-4-2-17(3-5-19)18-14-27-22(28-15-18)30-10-12-31(13-11-30)36(34,35)16-20(29-23(32)33)6-7-21-25-8-1-9-26-21/h1-5,8-9,14-15,20,29H,6-7,10-13,16H2,(H,32,33). The van der Waals surface area contributed by atoms with Crippen molar-refractivity contribution >= 4 is 22.1 Å². The summed E-state index contributed by atoms with van der Waals surface area (Å²) < 4.78 is 40.6.